The van der Waals surface area contributed by atoms with Crippen LogP contribution in [0.1, 0.15) is 26.1 Å². The van der Waals surface area contributed by atoms with Crippen molar-refractivity contribution in [2.24, 2.45) is 23.9 Å². The van der Waals surface area contributed by atoms with Gasteiger partial charge in [0, 0.05) is 42.4 Å². The van der Waals surface area contributed by atoms with Gasteiger partial charge in [-0.05, 0) is 13.8 Å². The molecule has 2 aliphatic rings. The summed E-state index contributed by atoms with van der Waals surface area (Å²) in [6, 6.07) is -0.477. The van der Waals surface area contributed by atoms with E-state index in [2.05, 4.69) is 25.1 Å². The molecule has 9 N–H and O–H groups in total. The molecule has 236 valence electrons. The maximum absolute atomic E-state index is 13.3. The molecule has 20 heteroatoms. The fourth-order valence-corrected chi connectivity index (χ4v) is 6.17. The number of Topliss-reactive ketones (excluding diaryl/α,β-unsaturated/α-hetero) is 1. The Hall–Kier alpha value is -4.56. The lowest BCUT2D eigenvalue weighted by atomic mass is 9.89. The second-order valence-corrected chi connectivity index (χ2v) is 12.2. The third-order valence-electron chi connectivity index (χ3n) is 6.84. The van der Waals surface area contributed by atoms with Gasteiger partial charge < -0.3 is 32.5 Å². The normalized spacial score (nSPS) is 18.4. The van der Waals surface area contributed by atoms with Crippen molar-refractivity contribution in [1.29, 1.82) is 0 Å². The van der Waals surface area contributed by atoms with Crippen LogP contribution in [0.2, 0.25) is 0 Å². The molecule has 4 rings (SSSR count). The van der Waals surface area contributed by atoms with E-state index in [4.69, 9.17) is 22.0 Å². The van der Waals surface area contributed by atoms with Crippen LogP contribution < -0.4 is 32.5 Å². The van der Waals surface area contributed by atoms with Gasteiger partial charge in [0.2, 0.25) is 23.5 Å². The highest BCUT2D eigenvalue weighted by molar-refractivity contribution is 8.00. The van der Waals surface area contributed by atoms with E-state index in [-0.39, 0.29) is 54.2 Å². The van der Waals surface area contributed by atoms with E-state index in [1.54, 1.807) is 22.6 Å². The number of hydrogen-bond acceptors (Lipinski definition) is 14. The van der Waals surface area contributed by atoms with Gasteiger partial charge in [-0.15, -0.1) is 21.1 Å². The van der Waals surface area contributed by atoms with Gasteiger partial charge in [-0.25, -0.2) is 9.59 Å². The number of carboxylic acid groups (broad SMARTS) is 1. The number of nitrogens with one attached hydrogen (secondary N) is 2. The maximum Gasteiger partial charge on any atom is 0.350 e. The zero-order valence-corrected chi connectivity index (χ0v) is 25.6. The second kappa shape index (κ2) is 13.0. The number of nitrogen functional groups attached to an aromatic ring is 2. The molecule has 1 fully saturated rings. The number of nitrogens with zero attached hydrogens (tertiary/aromatic N) is 6. The molecule has 2 atom stereocenters. The van der Waals surface area contributed by atoms with E-state index >= 15 is 0 Å². The summed E-state index contributed by atoms with van der Waals surface area (Å²) in [5.74, 6) is -2.73. The zero-order valence-electron chi connectivity index (χ0n) is 24.0. The number of aldehydes is 1. The first-order valence-electron chi connectivity index (χ1n) is 13.1. The summed E-state index contributed by atoms with van der Waals surface area (Å²) in [7, 11) is 1.68. The number of fused-ring (bicyclic) bond motifs is 1. The van der Waals surface area contributed by atoms with Gasteiger partial charge >= 0.3 is 12.0 Å². The van der Waals surface area contributed by atoms with Crippen LogP contribution >= 0.6 is 23.3 Å². The van der Waals surface area contributed by atoms with Crippen LogP contribution in [0, 0.1) is 5.92 Å². The van der Waals surface area contributed by atoms with E-state index < -0.39 is 40.6 Å². The van der Waals surface area contributed by atoms with Gasteiger partial charge in [-0.2, -0.15) is 9.36 Å². The first-order valence-corrected chi connectivity index (χ1v) is 14.9. The van der Waals surface area contributed by atoms with Gasteiger partial charge in [0.25, 0.3) is 0 Å². The molecule has 18 nitrogen and oxygen atoms in total. The highest BCUT2D eigenvalue weighted by Crippen LogP contribution is 2.44. The predicted molar refractivity (Wildman–Crippen MR) is 159 cm³/mol. The molecular weight excluding hydrogens is 618 g/mol. The maximum atomic E-state index is 13.3. The highest BCUT2D eigenvalue weighted by Gasteiger charge is 2.53. The molecule has 0 aromatic carbocycles. The van der Waals surface area contributed by atoms with Crippen molar-refractivity contribution in [1.82, 2.24) is 24.3 Å². The van der Waals surface area contributed by atoms with Gasteiger partial charge in [-0.1, -0.05) is 5.16 Å². The van der Waals surface area contributed by atoms with Crippen molar-refractivity contribution in [3.05, 3.63) is 23.3 Å². The Bertz CT molecular complexity index is 1560. The fourth-order valence-electron chi connectivity index (χ4n) is 4.31. The minimum atomic E-state index is -1.76. The Morgan fingerprint density at radius 3 is 2.68 bits per heavy atom. The number of hydrogen-bond donors (Lipinski definition) is 6. The number of ketones is 1. The van der Waals surface area contributed by atoms with Crippen molar-refractivity contribution >= 4 is 75.6 Å². The molecular formula is C24H32N11O7S2+. The molecule has 0 aliphatic carbocycles. The third-order valence-corrected chi connectivity index (χ3v) is 8.78. The van der Waals surface area contributed by atoms with Crippen molar-refractivity contribution in [2.75, 3.05) is 35.6 Å². The molecule has 0 radical (unpaired) electrons. The highest BCUT2D eigenvalue weighted by atomic mass is 32.2. The molecule has 0 saturated carbocycles. The smallest absolute Gasteiger partial charge is 0.350 e. The van der Waals surface area contributed by atoms with E-state index in [1.165, 1.54) is 30.5 Å². The first-order chi connectivity index (χ1) is 20.8. The van der Waals surface area contributed by atoms with Crippen LogP contribution in [-0.2, 0) is 37.6 Å². The van der Waals surface area contributed by atoms with E-state index in [0.717, 1.165) is 11.5 Å². The summed E-state index contributed by atoms with van der Waals surface area (Å²) in [5.41, 5.74) is 16.3. The van der Waals surface area contributed by atoms with Crippen LogP contribution in [0.25, 0.3) is 0 Å². The van der Waals surface area contributed by atoms with Gasteiger partial charge in [0.1, 0.15) is 0 Å². The first kappa shape index (κ1) is 32.4. The van der Waals surface area contributed by atoms with Gasteiger partial charge in [-0.3, -0.25) is 24.6 Å². The quantitative estimate of drug-likeness (QED) is 0.0481. The fraction of sp³-hybridized carbons (Fsp3) is 0.458. The number of aliphatic carboxylic acids is 1. The number of allylic oxidation sites excluding steroid dienone is 1. The minimum absolute atomic E-state index is 0.0515. The number of carboxylic acids is 1. The van der Waals surface area contributed by atoms with Crippen LogP contribution in [0.4, 0.5) is 21.4 Å². The standard InChI is InChI=1S/C24H31N11O7S2/c1-24(2,21(39)40)42-31-16(18-30-22(27)44-32-18)15(37)6-12-19(38)35-14(9-36)11(10-43-20(12)35)7-34-8-13(17(26)33(34)3)29-23(41)28-5-4-25/h8-9,12,20,26H,4-7,10,25H2,1-3H3,(H5,27,28,29,30,32,39,40,41)/p+1/b31-16-/t12-,20?/m1/s1. The lowest BCUT2D eigenvalue weighted by Gasteiger charge is -2.49. The average Bonchev–Trinajstić information content (AvgIpc) is 3.52. The number of nitrogens with two attached hydrogens (primary N) is 3. The summed E-state index contributed by atoms with van der Waals surface area (Å²) in [5, 5.41) is 17.9. The lowest BCUT2D eigenvalue weighted by molar-refractivity contribution is -0.765. The summed E-state index contributed by atoms with van der Waals surface area (Å²) in [6.07, 6.45) is 1.89. The van der Waals surface area contributed by atoms with E-state index in [0.29, 0.717) is 23.3 Å². The number of rotatable bonds is 13. The number of anilines is 3. The van der Waals surface area contributed by atoms with E-state index in [9.17, 15) is 29.1 Å². The molecule has 44 heavy (non-hydrogen) atoms. The molecule has 0 bridgehead atoms. The predicted octanol–water partition coefficient (Wildman–Crippen LogP) is -1.36. The molecule has 2 aromatic heterocycles. The topological polar surface area (TPSA) is 267 Å². The van der Waals surface area contributed by atoms with Crippen LogP contribution in [0.5, 0.6) is 0 Å². The lowest BCUT2D eigenvalue weighted by Crippen LogP contribution is -2.61. The molecule has 2 aromatic rings. The Morgan fingerprint density at radius 2 is 2.07 bits per heavy atom. The van der Waals surface area contributed by atoms with Gasteiger partial charge in [0.05, 0.1) is 24.0 Å². The Morgan fingerprint density at radius 1 is 1.34 bits per heavy atom. The number of oxime groups is 1. The largest absolute Gasteiger partial charge is 0.478 e. The number of carbonyl (C=O) groups is 5. The Labute approximate surface area is 258 Å². The summed E-state index contributed by atoms with van der Waals surface area (Å²) in [4.78, 5) is 72.7. The zero-order chi connectivity index (χ0) is 32.3. The molecule has 1 saturated heterocycles. The van der Waals surface area contributed by atoms with Crippen LogP contribution in [-0.4, -0.2) is 89.6 Å². The average molecular weight is 651 g/mol. The SMILES string of the molecule is Cn1c(N)c(NC(=O)NCCN)c[n+]1CC1=C(C=O)N2C(=O)[C@@H](CC(=O)/C(=N/OC(C)(C)C(=O)O)c3nsc(N)n3)C2SC1. The van der Waals surface area contributed by atoms with Gasteiger partial charge in [0.15, 0.2) is 41.0 Å². The number of aromatic nitrogens is 4. The molecule has 4 heterocycles. The molecule has 3 amide bonds. The summed E-state index contributed by atoms with van der Waals surface area (Å²) >= 11 is 2.18. The molecule has 2 aliphatic heterocycles. The van der Waals surface area contributed by atoms with Crippen molar-refractivity contribution in [2.45, 2.75) is 37.8 Å². The minimum Gasteiger partial charge on any atom is -0.478 e. The van der Waals surface area contributed by atoms with Crippen molar-refractivity contribution in [3.63, 3.8) is 0 Å². The third kappa shape index (κ3) is 6.50. The summed E-state index contributed by atoms with van der Waals surface area (Å²) in [6.45, 7) is 3.25. The van der Waals surface area contributed by atoms with Crippen molar-refractivity contribution < 1.29 is 38.6 Å². The Kier molecular flexibility index (Phi) is 9.54. The Balaban J connectivity index is 1.50. The monoisotopic (exact) mass is 650 g/mol. The number of β-lactam (4-membered cyclic amide) rings is 1. The molecule has 1 unspecified atom stereocenters. The number of amides is 3. The molecule has 0 spiro atoms. The van der Waals surface area contributed by atoms with Crippen molar-refractivity contribution in [3.8, 4) is 0 Å². The van der Waals surface area contributed by atoms with Crippen LogP contribution in [0.15, 0.2) is 22.6 Å². The number of carbonyl (C=O) groups excluding carboxylic acids is 4. The van der Waals surface area contributed by atoms with Crippen LogP contribution in [0.3, 0.4) is 0 Å². The number of urea groups is 1. The summed E-state index contributed by atoms with van der Waals surface area (Å²) < 4.78 is 7.26. The van der Waals surface area contributed by atoms with E-state index in [1.807, 2.05) is 0 Å². The second-order valence-electron chi connectivity index (χ2n) is 10.3. The number of thioether (sulfide) groups is 1.